The van der Waals surface area contributed by atoms with Gasteiger partial charge in [-0.1, -0.05) is 25.7 Å². The van der Waals surface area contributed by atoms with Gasteiger partial charge in [-0.3, -0.25) is 0 Å². The Morgan fingerprint density at radius 2 is 2.00 bits per heavy atom. The molecule has 0 amide bonds. The van der Waals surface area contributed by atoms with E-state index in [2.05, 4.69) is 10.0 Å². The van der Waals surface area contributed by atoms with Crippen LogP contribution in [0.3, 0.4) is 0 Å². The normalized spacial score (nSPS) is 16.9. The summed E-state index contributed by atoms with van der Waals surface area (Å²) in [5, 5.41) is 3.07. The average molecular weight is 316 g/mol. The Hall–Kier alpha value is -0.430. The number of hydrogen-bond donors (Lipinski definition) is 2. The van der Waals surface area contributed by atoms with Crippen LogP contribution in [0.4, 0.5) is 0 Å². The molecule has 1 heterocycles. The molecule has 4 nitrogen and oxygen atoms in total. The van der Waals surface area contributed by atoms with E-state index in [4.69, 9.17) is 0 Å². The first-order chi connectivity index (χ1) is 9.62. The van der Waals surface area contributed by atoms with Gasteiger partial charge in [0.2, 0.25) is 10.0 Å². The van der Waals surface area contributed by atoms with E-state index in [1.807, 2.05) is 13.1 Å². The van der Waals surface area contributed by atoms with Gasteiger partial charge < -0.3 is 5.32 Å². The summed E-state index contributed by atoms with van der Waals surface area (Å²) in [4.78, 5) is 1.11. The molecular formula is C14H24N2O2S2. The van der Waals surface area contributed by atoms with Gasteiger partial charge in [0.15, 0.2) is 0 Å². The van der Waals surface area contributed by atoms with Crippen molar-refractivity contribution in [3.8, 4) is 0 Å². The lowest BCUT2D eigenvalue weighted by molar-refractivity contribution is 0.496. The molecule has 1 aliphatic rings. The summed E-state index contributed by atoms with van der Waals surface area (Å²) in [5.74, 6) is 0.715. The van der Waals surface area contributed by atoms with Crippen LogP contribution in [0.15, 0.2) is 16.3 Å². The Balaban J connectivity index is 1.83. The predicted molar refractivity (Wildman–Crippen MR) is 83.7 cm³/mol. The molecule has 114 valence electrons. The van der Waals surface area contributed by atoms with Gasteiger partial charge in [0.25, 0.3) is 0 Å². The summed E-state index contributed by atoms with van der Waals surface area (Å²) >= 11 is 1.37. The van der Waals surface area contributed by atoms with Gasteiger partial charge in [0, 0.05) is 11.4 Å². The maximum Gasteiger partial charge on any atom is 0.250 e. The molecular weight excluding hydrogens is 292 g/mol. The first kappa shape index (κ1) is 15.9. The second kappa shape index (κ2) is 7.54. The van der Waals surface area contributed by atoms with Gasteiger partial charge in [-0.2, -0.15) is 0 Å². The predicted octanol–water partition coefficient (Wildman–Crippen LogP) is 2.37. The second-order valence-corrected chi connectivity index (χ2v) is 8.57. The van der Waals surface area contributed by atoms with Gasteiger partial charge in [-0.15, -0.1) is 11.3 Å². The second-order valence-electron chi connectivity index (χ2n) is 5.41. The highest BCUT2D eigenvalue weighted by Gasteiger charge is 2.19. The van der Waals surface area contributed by atoms with Crippen LogP contribution in [0, 0.1) is 5.92 Å². The molecule has 0 saturated heterocycles. The Bertz CT molecular complexity index is 505. The van der Waals surface area contributed by atoms with Crippen molar-refractivity contribution >= 4 is 21.4 Å². The number of rotatable bonds is 8. The molecule has 0 radical (unpaired) electrons. The molecule has 0 aliphatic heterocycles. The topological polar surface area (TPSA) is 58.2 Å². The Morgan fingerprint density at radius 1 is 1.25 bits per heavy atom. The largest absolute Gasteiger partial charge is 0.319 e. The first-order valence-electron chi connectivity index (χ1n) is 7.35. The summed E-state index contributed by atoms with van der Waals surface area (Å²) in [6.07, 6.45) is 6.97. The molecule has 1 fully saturated rings. The van der Waals surface area contributed by atoms with Crippen LogP contribution in [0.1, 0.15) is 37.0 Å². The summed E-state index contributed by atoms with van der Waals surface area (Å²) in [5.41, 5.74) is 0. The van der Waals surface area contributed by atoms with Crippen molar-refractivity contribution in [1.82, 2.24) is 10.0 Å². The summed E-state index contributed by atoms with van der Waals surface area (Å²) in [6, 6.07) is 3.63. The van der Waals surface area contributed by atoms with E-state index in [9.17, 15) is 8.42 Å². The number of hydrogen-bond acceptors (Lipinski definition) is 4. The lowest BCUT2D eigenvalue weighted by Gasteiger charge is -2.09. The fourth-order valence-corrected chi connectivity index (χ4v) is 5.10. The third-order valence-corrected chi connectivity index (χ3v) is 6.94. The molecule has 1 saturated carbocycles. The Morgan fingerprint density at radius 3 is 2.70 bits per heavy atom. The quantitative estimate of drug-likeness (QED) is 0.774. The zero-order valence-corrected chi connectivity index (χ0v) is 13.7. The maximum atomic E-state index is 12.2. The van der Waals surface area contributed by atoms with Crippen molar-refractivity contribution < 1.29 is 8.42 Å². The van der Waals surface area contributed by atoms with Gasteiger partial charge >= 0.3 is 0 Å². The number of nitrogens with one attached hydrogen (secondary N) is 2. The van der Waals surface area contributed by atoms with E-state index >= 15 is 0 Å². The van der Waals surface area contributed by atoms with Crippen LogP contribution in [0.2, 0.25) is 0 Å². The van der Waals surface area contributed by atoms with Gasteiger partial charge in [-0.05, 0) is 44.5 Å². The van der Waals surface area contributed by atoms with Crippen LogP contribution in [0.5, 0.6) is 0 Å². The third kappa shape index (κ3) is 4.55. The molecule has 0 unspecified atom stereocenters. The summed E-state index contributed by atoms with van der Waals surface area (Å²) < 4.78 is 27.5. The SMILES string of the molecule is CNCCc1ccc(S(=O)(=O)NCCC2CCCC2)s1. The average Bonchev–Trinajstić information content (AvgIpc) is 3.07. The smallest absolute Gasteiger partial charge is 0.250 e. The zero-order valence-electron chi connectivity index (χ0n) is 12.0. The minimum atomic E-state index is -3.31. The van der Waals surface area contributed by atoms with E-state index in [1.165, 1.54) is 37.0 Å². The van der Waals surface area contributed by atoms with Crippen LogP contribution >= 0.6 is 11.3 Å². The number of thiophene rings is 1. The van der Waals surface area contributed by atoms with Crippen molar-refractivity contribution in [3.63, 3.8) is 0 Å². The summed E-state index contributed by atoms with van der Waals surface area (Å²) in [7, 11) is -1.41. The monoisotopic (exact) mass is 316 g/mol. The van der Waals surface area contributed by atoms with Crippen molar-refractivity contribution in [3.05, 3.63) is 17.0 Å². The molecule has 0 atom stereocenters. The van der Waals surface area contributed by atoms with E-state index in [-0.39, 0.29) is 0 Å². The van der Waals surface area contributed by atoms with Crippen LogP contribution in [0.25, 0.3) is 0 Å². The molecule has 1 aliphatic carbocycles. The van der Waals surface area contributed by atoms with E-state index < -0.39 is 10.0 Å². The molecule has 2 rings (SSSR count). The van der Waals surface area contributed by atoms with Crippen molar-refractivity contribution in [1.29, 1.82) is 0 Å². The number of likely N-dealkylation sites (N-methyl/N-ethyl adjacent to an activating group) is 1. The summed E-state index contributed by atoms with van der Waals surface area (Å²) in [6.45, 7) is 1.44. The molecule has 0 bridgehead atoms. The van der Waals surface area contributed by atoms with E-state index in [0.717, 1.165) is 24.3 Å². The highest BCUT2D eigenvalue weighted by molar-refractivity contribution is 7.91. The lowest BCUT2D eigenvalue weighted by atomic mass is 10.1. The van der Waals surface area contributed by atoms with Gasteiger partial charge in [0.05, 0.1) is 0 Å². The minimum absolute atomic E-state index is 0.440. The Labute approximate surface area is 126 Å². The fraction of sp³-hybridized carbons (Fsp3) is 0.714. The van der Waals surface area contributed by atoms with E-state index in [0.29, 0.717) is 16.7 Å². The Kier molecular flexibility index (Phi) is 6.01. The van der Waals surface area contributed by atoms with Crippen LogP contribution in [-0.2, 0) is 16.4 Å². The molecule has 20 heavy (non-hydrogen) atoms. The van der Waals surface area contributed by atoms with Crippen LogP contribution in [-0.4, -0.2) is 28.6 Å². The van der Waals surface area contributed by atoms with Gasteiger partial charge in [0.1, 0.15) is 4.21 Å². The maximum absolute atomic E-state index is 12.2. The van der Waals surface area contributed by atoms with Crippen LogP contribution < -0.4 is 10.0 Å². The zero-order chi connectivity index (χ0) is 14.4. The number of sulfonamides is 1. The highest BCUT2D eigenvalue weighted by atomic mass is 32.2. The first-order valence-corrected chi connectivity index (χ1v) is 9.65. The standard InChI is InChI=1S/C14H24N2O2S2/c1-15-10-9-13-6-7-14(19-13)20(17,18)16-11-8-12-4-2-3-5-12/h6-7,12,15-16H,2-5,8-11H2,1H3. The van der Waals surface area contributed by atoms with Crippen molar-refractivity contribution in [2.75, 3.05) is 20.1 Å². The van der Waals surface area contributed by atoms with Gasteiger partial charge in [-0.25, -0.2) is 13.1 Å². The third-order valence-electron chi connectivity index (χ3n) is 3.84. The molecule has 2 N–H and O–H groups in total. The lowest BCUT2D eigenvalue weighted by Crippen LogP contribution is -2.25. The fourth-order valence-electron chi connectivity index (χ4n) is 2.65. The molecule has 0 aromatic carbocycles. The molecule has 1 aromatic rings. The van der Waals surface area contributed by atoms with E-state index in [1.54, 1.807) is 6.07 Å². The van der Waals surface area contributed by atoms with Crippen molar-refractivity contribution in [2.45, 2.75) is 42.7 Å². The minimum Gasteiger partial charge on any atom is -0.319 e. The highest BCUT2D eigenvalue weighted by Crippen LogP contribution is 2.27. The molecule has 6 heteroatoms. The van der Waals surface area contributed by atoms with Crippen molar-refractivity contribution in [2.24, 2.45) is 5.92 Å². The molecule has 0 spiro atoms. The molecule has 1 aromatic heterocycles.